The number of aromatic nitrogens is 1. The van der Waals surface area contributed by atoms with E-state index in [1.165, 1.54) is 0 Å². The molecule has 1 atom stereocenters. The van der Waals surface area contributed by atoms with E-state index in [1.807, 2.05) is 73.1 Å². The molecule has 0 radical (unpaired) electrons. The molecule has 22 heavy (non-hydrogen) atoms. The number of benzene rings is 1. The van der Waals surface area contributed by atoms with Gasteiger partial charge in [-0.2, -0.15) is 5.26 Å². The minimum Gasteiger partial charge on any atom is -0.348 e. The summed E-state index contributed by atoms with van der Waals surface area (Å²) >= 11 is 0. The highest BCUT2D eigenvalue weighted by atomic mass is 16.1. The molecule has 0 aliphatic rings. The highest BCUT2D eigenvalue weighted by Crippen LogP contribution is 2.13. The molecular weight excluding hydrogens is 274 g/mol. The SMILES string of the molecule is CCn1cccc1/C=C(/C#N)C(=O)N[C@@H](C)c1ccccc1. The molecule has 0 saturated carbocycles. The Bertz CT molecular complexity index is 707. The monoisotopic (exact) mass is 293 g/mol. The number of aryl methyl sites for hydroxylation is 1. The van der Waals surface area contributed by atoms with Crippen LogP contribution in [0.4, 0.5) is 0 Å². The first-order valence-electron chi connectivity index (χ1n) is 7.28. The van der Waals surface area contributed by atoms with Crippen molar-refractivity contribution in [3.8, 4) is 6.07 Å². The van der Waals surface area contributed by atoms with Crippen LogP contribution in [0.25, 0.3) is 6.08 Å². The van der Waals surface area contributed by atoms with Gasteiger partial charge in [-0.15, -0.1) is 0 Å². The summed E-state index contributed by atoms with van der Waals surface area (Å²) in [6.07, 6.45) is 3.54. The fraction of sp³-hybridized carbons (Fsp3) is 0.222. The number of amides is 1. The van der Waals surface area contributed by atoms with Gasteiger partial charge in [0.25, 0.3) is 5.91 Å². The van der Waals surface area contributed by atoms with Gasteiger partial charge in [-0.1, -0.05) is 30.3 Å². The molecule has 0 aliphatic carbocycles. The maximum atomic E-state index is 12.3. The first-order valence-corrected chi connectivity index (χ1v) is 7.28. The van der Waals surface area contributed by atoms with Crippen LogP contribution >= 0.6 is 0 Å². The number of carbonyl (C=O) groups is 1. The van der Waals surface area contributed by atoms with E-state index in [0.29, 0.717) is 0 Å². The molecular formula is C18H19N3O. The summed E-state index contributed by atoms with van der Waals surface area (Å²) in [4.78, 5) is 12.3. The molecule has 112 valence electrons. The minimum atomic E-state index is -0.359. The lowest BCUT2D eigenvalue weighted by Crippen LogP contribution is -2.27. The molecule has 0 saturated heterocycles. The van der Waals surface area contributed by atoms with E-state index in [2.05, 4.69) is 5.32 Å². The average Bonchev–Trinajstić information content (AvgIpc) is 3.00. The second-order valence-electron chi connectivity index (χ2n) is 4.99. The third-order valence-corrected chi connectivity index (χ3v) is 3.51. The zero-order valence-electron chi connectivity index (χ0n) is 12.8. The van der Waals surface area contributed by atoms with Crippen molar-refractivity contribution in [3.05, 3.63) is 65.5 Å². The second kappa shape index (κ2) is 7.28. The van der Waals surface area contributed by atoms with Gasteiger partial charge in [0.05, 0.1) is 6.04 Å². The van der Waals surface area contributed by atoms with Crippen molar-refractivity contribution in [3.63, 3.8) is 0 Å². The van der Waals surface area contributed by atoms with E-state index in [0.717, 1.165) is 17.8 Å². The topological polar surface area (TPSA) is 57.8 Å². The van der Waals surface area contributed by atoms with Crippen LogP contribution in [0.15, 0.2) is 54.2 Å². The van der Waals surface area contributed by atoms with E-state index < -0.39 is 0 Å². The van der Waals surface area contributed by atoms with Crippen molar-refractivity contribution in [1.82, 2.24) is 9.88 Å². The van der Waals surface area contributed by atoms with Crippen molar-refractivity contribution in [1.29, 1.82) is 5.26 Å². The van der Waals surface area contributed by atoms with Gasteiger partial charge >= 0.3 is 0 Å². The molecule has 0 spiro atoms. The molecule has 0 bridgehead atoms. The molecule has 0 unspecified atom stereocenters. The van der Waals surface area contributed by atoms with Crippen LogP contribution in [-0.4, -0.2) is 10.5 Å². The highest BCUT2D eigenvalue weighted by Gasteiger charge is 2.14. The molecule has 2 rings (SSSR count). The van der Waals surface area contributed by atoms with Gasteiger partial charge in [-0.3, -0.25) is 4.79 Å². The number of rotatable bonds is 5. The molecule has 1 aromatic heterocycles. The number of hydrogen-bond acceptors (Lipinski definition) is 2. The van der Waals surface area contributed by atoms with Gasteiger partial charge in [-0.05, 0) is 37.6 Å². The van der Waals surface area contributed by atoms with Crippen LogP contribution < -0.4 is 5.32 Å². The molecule has 1 heterocycles. The van der Waals surface area contributed by atoms with Crippen LogP contribution in [0.3, 0.4) is 0 Å². The van der Waals surface area contributed by atoms with Crippen molar-refractivity contribution in [2.24, 2.45) is 0 Å². The maximum Gasteiger partial charge on any atom is 0.262 e. The molecule has 1 amide bonds. The van der Waals surface area contributed by atoms with Crippen LogP contribution in [0.5, 0.6) is 0 Å². The fourth-order valence-corrected chi connectivity index (χ4v) is 2.24. The molecule has 1 N–H and O–H groups in total. The van der Waals surface area contributed by atoms with E-state index in [1.54, 1.807) is 6.08 Å². The third kappa shape index (κ3) is 3.64. The molecule has 1 aromatic carbocycles. The first kappa shape index (κ1) is 15.6. The average molecular weight is 293 g/mol. The summed E-state index contributed by atoms with van der Waals surface area (Å²) in [5.41, 5.74) is 1.96. The number of nitriles is 1. The minimum absolute atomic E-state index is 0.108. The lowest BCUT2D eigenvalue weighted by atomic mass is 10.1. The van der Waals surface area contributed by atoms with Gasteiger partial charge in [0.2, 0.25) is 0 Å². The van der Waals surface area contributed by atoms with Crippen LogP contribution in [-0.2, 0) is 11.3 Å². The van der Waals surface area contributed by atoms with E-state index in [-0.39, 0.29) is 17.5 Å². The summed E-state index contributed by atoms with van der Waals surface area (Å²) in [5, 5.41) is 12.1. The number of hydrogen-bond donors (Lipinski definition) is 1. The van der Waals surface area contributed by atoms with E-state index >= 15 is 0 Å². The summed E-state index contributed by atoms with van der Waals surface area (Å²) in [6.45, 7) is 4.71. The smallest absolute Gasteiger partial charge is 0.262 e. The maximum absolute atomic E-state index is 12.3. The lowest BCUT2D eigenvalue weighted by Gasteiger charge is -2.13. The predicted octanol–water partition coefficient (Wildman–Crippen LogP) is 3.29. The number of carbonyl (C=O) groups excluding carboxylic acids is 1. The molecule has 2 aromatic rings. The normalized spacial score (nSPS) is 12.5. The third-order valence-electron chi connectivity index (χ3n) is 3.51. The molecule has 4 heteroatoms. The first-order chi connectivity index (χ1) is 10.7. The molecule has 4 nitrogen and oxygen atoms in total. The lowest BCUT2D eigenvalue weighted by molar-refractivity contribution is -0.117. The fourth-order valence-electron chi connectivity index (χ4n) is 2.24. The quantitative estimate of drug-likeness (QED) is 0.679. The summed E-state index contributed by atoms with van der Waals surface area (Å²) < 4.78 is 1.98. The van der Waals surface area contributed by atoms with Crippen molar-refractivity contribution in [2.45, 2.75) is 26.4 Å². The van der Waals surface area contributed by atoms with Gasteiger partial charge < -0.3 is 9.88 Å². The summed E-state index contributed by atoms with van der Waals surface area (Å²) in [6, 6.07) is 15.3. The largest absolute Gasteiger partial charge is 0.348 e. The standard InChI is InChI=1S/C18H19N3O/c1-3-21-11-7-10-17(21)12-16(13-19)18(22)20-14(2)15-8-5-4-6-9-15/h4-12,14H,3H2,1-2H3,(H,20,22)/b16-12-/t14-/m0/s1. The van der Waals surface area contributed by atoms with Crippen LogP contribution in [0, 0.1) is 11.3 Å². The Balaban J connectivity index is 2.15. The Morgan fingerprint density at radius 3 is 2.68 bits per heavy atom. The Kier molecular flexibility index (Phi) is 5.16. The number of nitrogens with one attached hydrogen (secondary N) is 1. The van der Waals surface area contributed by atoms with Crippen LogP contribution in [0.1, 0.15) is 31.1 Å². The van der Waals surface area contributed by atoms with Gasteiger partial charge in [0, 0.05) is 18.4 Å². The summed E-state index contributed by atoms with van der Waals surface area (Å²) in [5.74, 6) is -0.359. The van der Waals surface area contributed by atoms with E-state index in [4.69, 9.17) is 0 Å². The highest BCUT2D eigenvalue weighted by molar-refractivity contribution is 6.01. The van der Waals surface area contributed by atoms with Gasteiger partial charge in [0.1, 0.15) is 11.6 Å². The summed E-state index contributed by atoms with van der Waals surface area (Å²) in [7, 11) is 0. The zero-order chi connectivity index (χ0) is 15.9. The second-order valence-corrected chi connectivity index (χ2v) is 4.99. The zero-order valence-corrected chi connectivity index (χ0v) is 12.8. The Morgan fingerprint density at radius 2 is 2.05 bits per heavy atom. The predicted molar refractivity (Wildman–Crippen MR) is 86.7 cm³/mol. The van der Waals surface area contributed by atoms with Crippen molar-refractivity contribution < 1.29 is 4.79 Å². The van der Waals surface area contributed by atoms with Crippen molar-refractivity contribution >= 4 is 12.0 Å². The van der Waals surface area contributed by atoms with Crippen molar-refractivity contribution in [2.75, 3.05) is 0 Å². The number of nitrogens with zero attached hydrogens (tertiary/aromatic N) is 2. The Labute approximate surface area is 130 Å². The van der Waals surface area contributed by atoms with E-state index in [9.17, 15) is 10.1 Å². The van der Waals surface area contributed by atoms with Gasteiger partial charge in [-0.25, -0.2) is 0 Å². The van der Waals surface area contributed by atoms with Crippen LogP contribution in [0.2, 0.25) is 0 Å². The Hall–Kier alpha value is -2.80. The molecule has 0 aliphatic heterocycles. The van der Waals surface area contributed by atoms with Gasteiger partial charge in [0.15, 0.2) is 0 Å². The Morgan fingerprint density at radius 1 is 1.32 bits per heavy atom. The molecule has 0 fully saturated rings.